The maximum Gasteiger partial charge on any atom is 0.0943 e. The molecule has 0 saturated carbocycles. The minimum atomic E-state index is -1.07. The third-order valence-electron chi connectivity index (χ3n) is 3.39. The Labute approximate surface area is 101 Å². The molecule has 0 aliphatic carbocycles. The van der Waals surface area contributed by atoms with Gasteiger partial charge in [-0.05, 0) is 0 Å². The van der Waals surface area contributed by atoms with Gasteiger partial charge in [-0.25, -0.2) is 4.98 Å². The Kier molecular flexibility index (Phi) is 5.81. The van der Waals surface area contributed by atoms with Crippen LogP contribution in [-0.4, -0.2) is 17.6 Å². The zero-order valence-corrected chi connectivity index (χ0v) is 12.1. The van der Waals surface area contributed by atoms with Gasteiger partial charge in [0.15, 0.2) is 0 Å². The maximum atomic E-state index is 4.15. The Hall–Kier alpha value is -0.573. The van der Waals surface area contributed by atoms with Crippen LogP contribution in [0.15, 0.2) is 18.7 Å². The van der Waals surface area contributed by atoms with Gasteiger partial charge in [-0.1, -0.05) is 58.2 Å². The Bertz CT molecular complexity index is 261. The molecule has 92 valence electrons. The van der Waals surface area contributed by atoms with Gasteiger partial charge in [0, 0.05) is 18.6 Å². The molecule has 0 fully saturated rings. The molecule has 1 aromatic rings. The van der Waals surface area contributed by atoms with Gasteiger partial charge in [0.05, 0.1) is 14.4 Å². The zero-order valence-electron chi connectivity index (χ0n) is 11.1. The fraction of sp³-hybridized carbons (Fsp3) is 0.769. The first-order valence-electron chi connectivity index (χ1n) is 6.66. The van der Waals surface area contributed by atoms with E-state index in [0.717, 1.165) is 0 Å². The molecule has 0 spiro atoms. The van der Waals surface area contributed by atoms with Crippen molar-refractivity contribution in [3.63, 3.8) is 0 Å². The summed E-state index contributed by atoms with van der Waals surface area (Å²) in [4.78, 5) is 4.15. The summed E-state index contributed by atoms with van der Waals surface area (Å²) in [5, 5.41) is 0. The second-order valence-electron chi connectivity index (χ2n) is 5.25. The molecule has 0 atom stereocenters. The van der Waals surface area contributed by atoms with Crippen LogP contribution in [0.3, 0.4) is 0 Å². The van der Waals surface area contributed by atoms with Crippen molar-refractivity contribution < 1.29 is 0 Å². The molecule has 3 heteroatoms. The van der Waals surface area contributed by atoms with Crippen LogP contribution in [0.25, 0.3) is 0 Å². The predicted octanol–water partition coefficient (Wildman–Crippen LogP) is 4.10. The zero-order chi connectivity index (χ0) is 11.9. The van der Waals surface area contributed by atoms with E-state index in [2.05, 4.69) is 36.1 Å². The molecule has 0 saturated heterocycles. The molecule has 1 heterocycles. The van der Waals surface area contributed by atoms with Gasteiger partial charge in [0.1, 0.15) is 0 Å². The SMILES string of the molecule is CCCC[Si](C)(CCCC)Cn1ccnc1. The van der Waals surface area contributed by atoms with E-state index < -0.39 is 8.07 Å². The van der Waals surface area contributed by atoms with Gasteiger partial charge in [-0.2, -0.15) is 0 Å². The second kappa shape index (κ2) is 6.89. The average Bonchev–Trinajstić information content (AvgIpc) is 2.76. The summed E-state index contributed by atoms with van der Waals surface area (Å²) in [5.41, 5.74) is 0. The van der Waals surface area contributed by atoms with E-state index in [0.29, 0.717) is 0 Å². The van der Waals surface area contributed by atoms with Crippen molar-refractivity contribution >= 4 is 8.07 Å². The summed E-state index contributed by atoms with van der Waals surface area (Å²) in [6.07, 6.45) is 12.7. The number of hydrogen-bond acceptors (Lipinski definition) is 1. The molecule has 0 unspecified atom stereocenters. The van der Waals surface area contributed by atoms with Crippen LogP contribution in [0.4, 0.5) is 0 Å². The molecule has 0 aliphatic heterocycles. The van der Waals surface area contributed by atoms with E-state index in [1.54, 1.807) is 0 Å². The van der Waals surface area contributed by atoms with E-state index in [-0.39, 0.29) is 0 Å². The molecule has 0 aliphatic rings. The van der Waals surface area contributed by atoms with Crippen LogP contribution in [0.2, 0.25) is 18.6 Å². The molecule has 0 radical (unpaired) electrons. The summed E-state index contributed by atoms with van der Waals surface area (Å²) in [6.45, 7) is 7.16. The van der Waals surface area contributed by atoms with Crippen molar-refractivity contribution in [2.75, 3.05) is 0 Å². The lowest BCUT2D eigenvalue weighted by atomic mass is 10.4. The molecule has 0 amide bonds. The summed E-state index contributed by atoms with van der Waals surface area (Å²) >= 11 is 0. The number of imidazole rings is 1. The molecular formula is C13H26N2Si. The van der Waals surface area contributed by atoms with Crippen molar-refractivity contribution in [3.8, 4) is 0 Å². The lowest BCUT2D eigenvalue weighted by Crippen LogP contribution is -2.35. The summed E-state index contributed by atoms with van der Waals surface area (Å²) < 4.78 is 2.29. The van der Waals surface area contributed by atoms with Crippen LogP contribution in [0, 0.1) is 0 Å². The van der Waals surface area contributed by atoms with E-state index in [1.165, 1.54) is 43.9 Å². The molecule has 1 aromatic heterocycles. The quantitative estimate of drug-likeness (QED) is 0.623. The second-order valence-corrected chi connectivity index (χ2v) is 10.2. The topological polar surface area (TPSA) is 17.8 Å². The fourth-order valence-corrected chi connectivity index (χ4v) is 6.36. The van der Waals surface area contributed by atoms with Gasteiger partial charge >= 0.3 is 0 Å². The van der Waals surface area contributed by atoms with Crippen LogP contribution >= 0.6 is 0 Å². The standard InChI is InChI=1S/C13H26N2Si/c1-4-6-10-16(3,11-7-5-2)13-15-9-8-14-12-15/h8-9,12H,4-7,10-11,13H2,1-3H3. The third-order valence-corrected chi connectivity index (χ3v) is 7.64. The smallest absolute Gasteiger partial charge is 0.0943 e. The lowest BCUT2D eigenvalue weighted by Gasteiger charge is -2.27. The highest BCUT2D eigenvalue weighted by Gasteiger charge is 2.26. The van der Waals surface area contributed by atoms with E-state index >= 15 is 0 Å². The summed E-state index contributed by atoms with van der Waals surface area (Å²) in [6, 6.07) is 2.95. The highest BCUT2D eigenvalue weighted by molar-refractivity contribution is 6.77. The Morgan fingerprint density at radius 2 is 1.75 bits per heavy atom. The van der Waals surface area contributed by atoms with Gasteiger partial charge in [0.2, 0.25) is 0 Å². The van der Waals surface area contributed by atoms with Crippen molar-refractivity contribution in [3.05, 3.63) is 18.7 Å². The average molecular weight is 238 g/mol. The predicted molar refractivity (Wildman–Crippen MR) is 73.3 cm³/mol. The summed E-state index contributed by atoms with van der Waals surface area (Å²) in [7, 11) is -1.07. The number of unbranched alkanes of at least 4 members (excludes halogenated alkanes) is 2. The Morgan fingerprint density at radius 1 is 1.12 bits per heavy atom. The monoisotopic (exact) mass is 238 g/mol. The normalized spacial score (nSPS) is 11.9. The van der Waals surface area contributed by atoms with Gasteiger partial charge in [-0.3, -0.25) is 0 Å². The van der Waals surface area contributed by atoms with Gasteiger partial charge < -0.3 is 4.57 Å². The third kappa shape index (κ3) is 4.52. The minimum Gasteiger partial charge on any atom is -0.340 e. The summed E-state index contributed by atoms with van der Waals surface area (Å²) in [5.74, 6) is 0. The van der Waals surface area contributed by atoms with E-state index in [9.17, 15) is 0 Å². The highest BCUT2D eigenvalue weighted by Crippen LogP contribution is 2.23. The molecular weight excluding hydrogens is 212 g/mol. The molecule has 2 nitrogen and oxygen atoms in total. The van der Waals surface area contributed by atoms with E-state index in [4.69, 9.17) is 0 Å². The van der Waals surface area contributed by atoms with Crippen molar-refractivity contribution in [2.45, 2.75) is 64.3 Å². The first-order valence-corrected chi connectivity index (χ1v) is 9.78. The van der Waals surface area contributed by atoms with Crippen molar-refractivity contribution in [1.29, 1.82) is 0 Å². The first-order chi connectivity index (χ1) is 7.70. The highest BCUT2D eigenvalue weighted by atomic mass is 28.3. The van der Waals surface area contributed by atoms with Gasteiger partial charge in [0.25, 0.3) is 0 Å². The minimum absolute atomic E-state index is 1.07. The molecule has 0 bridgehead atoms. The molecule has 0 aromatic carbocycles. The largest absolute Gasteiger partial charge is 0.340 e. The molecule has 0 N–H and O–H groups in total. The number of nitrogens with zero attached hydrogens (tertiary/aromatic N) is 2. The number of rotatable bonds is 8. The van der Waals surface area contributed by atoms with Crippen molar-refractivity contribution in [2.24, 2.45) is 0 Å². The number of aromatic nitrogens is 2. The van der Waals surface area contributed by atoms with Crippen LogP contribution < -0.4 is 0 Å². The Morgan fingerprint density at radius 3 is 2.19 bits per heavy atom. The maximum absolute atomic E-state index is 4.15. The first kappa shape index (κ1) is 13.5. The van der Waals surface area contributed by atoms with Crippen LogP contribution in [-0.2, 0) is 6.17 Å². The fourth-order valence-electron chi connectivity index (χ4n) is 2.31. The van der Waals surface area contributed by atoms with Gasteiger partial charge in [-0.15, -0.1) is 0 Å². The van der Waals surface area contributed by atoms with Crippen LogP contribution in [0.1, 0.15) is 39.5 Å². The van der Waals surface area contributed by atoms with Crippen molar-refractivity contribution in [1.82, 2.24) is 9.55 Å². The molecule has 1 rings (SSSR count). The lowest BCUT2D eigenvalue weighted by molar-refractivity contribution is 0.773. The van der Waals surface area contributed by atoms with E-state index in [1.807, 2.05) is 12.5 Å². The number of hydrogen-bond donors (Lipinski definition) is 0. The molecule has 16 heavy (non-hydrogen) atoms. The van der Waals surface area contributed by atoms with Crippen LogP contribution in [0.5, 0.6) is 0 Å². The Balaban J connectivity index is 2.54.